The van der Waals surface area contributed by atoms with E-state index in [2.05, 4.69) is 26.1 Å². The molecule has 0 aliphatic carbocycles. The largest absolute Gasteiger partial charge is 0.383 e. The van der Waals surface area contributed by atoms with E-state index in [1.54, 1.807) is 7.11 Å². The lowest BCUT2D eigenvalue weighted by atomic mass is 10.0. The van der Waals surface area contributed by atoms with Crippen LogP contribution in [0.4, 0.5) is 0 Å². The maximum absolute atomic E-state index is 6.03. The average Bonchev–Trinajstić information content (AvgIpc) is 2.23. The molecule has 0 spiro atoms. The Morgan fingerprint density at radius 1 is 1.29 bits per heavy atom. The third-order valence-electron chi connectivity index (χ3n) is 2.99. The Kier molecular flexibility index (Phi) is 7.04. The maximum atomic E-state index is 6.03. The molecule has 0 aromatic carbocycles. The summed E-state index contributed by atoms with van der Waals surface area (Å²) in [5.41, 5.74) is 0. The van der Waals surface area contributed by atoms with Gasteiger partial charge < -0.3 is 19.5 Å². The average molecular weight is 245 g/mol. The number of ether oxygens (including phenoxy) is 3. The summed E-state index contributed by atoms with van der Waals surface area (Å²) in [6.45, 7) is 8.86. The summed E-state index contributed by atoms with van der Waals surface area (Å²) in [4.78, 5) is 0. The Balaban J connectivity index is 2.14. The molecule has 0 radical (unpaired) electrons. The first-order valence-corrected chi connectivity index (χ1v) is 6.62. The van der Waals surface area contributed by atoms with Gasteiger partial charge >= 0.3 is 0 Å². The number of rotatable bonds is 7. The van der Waals surface area contributed by atoms with Gasteiger partial charge in [-0.05, 0) is 33.6 Å². The molecule has 0 aromatic heterocycles. The molecule has 3 atom stereocenters. The maximum Gasteiger partial charge on any atom is 0.0675 e. The second kappa shape index (κ2) is 8.03. The van der Waals surface area contributed by atoms with Gasteiger partial charge in [-0.25, -0.2) is 0 Å². The van der Waals surface area contributed by atoms with Crippen molar-refractivity contribution in [3.8, 4) is 0 Å². The van der Waals surface area contributed by atoms with E-state index in [1.165, 1.54) is 0 Å². The predicted octanol–water partition coefficient (Wildman–Crippen LogP) is 1.58. The van der Waals surface area contributed by atoms with Gasteiger partial charge in [-0.3, -0.25) is 0 Å². The summed E-state index contributed by atoms with van der Waals surface area (Å²) >= 11 is 0. The lowest BCUT2D eigenvalue weighted by molar-refractivity contribution is -0.117. The quantitative estimate of drug-likeness (QED) is 0.691. The van der Waals surface area contributed by atoms with E-state index in [4.69, 9.17) is 14.2 Å². The standard InChI is InChI=1S/C13H27NO3/c1-10-7-13(8-11(2)16-10)17-12(3)9-14-5-6-15-4/h10-14H,5-9H2,1-4H3. The van der Waals surface area contributed by atoms with Crippen LogP contribution in [0.25, 0.3) is 0 Å². The molecule has 1 rings (SSSR count). The van der Waals surface area contributed by atoms with Gasteiger partial charge in [0.1, 0.15) is 0 Å². The van der Waals surface area contributed by atoms with Crippen molar-refractivity contribution in [2.75, 3.05) is 26.8 Å². The van der Waals surface area contributed by atoms with E-state index < -0.39 is 0 Å². The van der Waals surface area contributed by atoms with Crippen LogP contribution in [-0.4, -0.2) is 51.2 Å². The van der Waals surface area contributed by atoms with E-state index in [0.29, 0.717) is 18.3 Å². The fourth-order valence-corrected chi connectivity index (χ4v) is 2.31. The van der Waals surface area contributed by atoms with E-state index >= 15 is 0 Å². The van der Waals surface area contributed by atoms with Crippen molar-refractivity contribution < 1.29 is 14.2 Å². The highest BCUT2D eigenvalue weighted by Gasteiger charge is 2.26. The van der Waals surface area contributed by atoms with E-state index in [1.807, 2.05) is 0 Å². The minimum atomic E-state index is 0.245. The van der Waals surface area contributed by atoms with E-state index in [0.717, 1.165) is 32.5 Å². The SMILES string of the molecule is COCCNCC(C)OC1CC(C)OC(C)C1. The molecule has 17 heavy (non-hydrogen) atoms. The first-order chi connectivity index (χ1) is 8.11. The molecule has 0 aromatic rings. The minimum Gasteiger partial charge on any atom is -0.383 e. The zero-order valence-electron chi connectivity index (χ0n) is 11.6. The first kappa shape index (κ1) is 14.9. The fourth-order valence-electron chi connectivity index (χ4n) is 2.31. The van der Waals surface area contributed by atoms with Crippen molar-refractivity contribution in [2.45, 2.75) is 58.0 Å². The second-order valence-electron chi connectivity index (χ2n) is 4.99. The van der Waals surface area contributed by atoms with Crippen molar-refractivity contribution in [1.82, 2.24) is 5.32 Å². The summed E-state index contributed by atoms with van der Waals surface area (Å²) in [7, 11) is 1.71. The molecular formula is C13H27NO3. The number of hydrogen-bond acceptors (Lipinski definition) is 4. The van der Waals surface area contributed by atoms with E-state index in [9.17, 15) is 0 Å². The van der Waals surface area contributed by atoms with Gasteiger partial charge in [0, 0.05) is 20.2 Å². The van der Waals surface area contributed by atoms with Crippen LogP contribution >= 0.6 is 0 Å². The summed E-state index contributed by atoms with van der Waals surface area (Å²) < 4.78 is 16.7. The van der Waals surface area contributed by atoms with Crippen LogP contribution in [0.3, 0.4) is 0 Å². The monoisotopic (exact) mass is 245 g/mol. The van der Waals surface area contributed by atoms with Crippen LogP contribution in [-0.2, 0) is 14.2 Å². The summed E-state index contributed by atoms with van der Waals surface area (Å²) in [6.07, 6.45) is 3.23. The summed E-state index contributed by atoms with van der Waals surface area (Å²) in [5, 5.41) is 3.32. The van der Waals surface area contributed by atoms with E-state index in [-0.39, 0.29) is 6.10 Å². The zero-order valence-corrected chi connectivity index (χ0v) is 11.6. The van der Waals surface area contributed by atoms with Crippen LogP contribution in [0.2, 0.25) is 0 Å². The number of hydrogen-bond donors (Lipinski definition) is 1. The smallest absolute Gasteiger partial charge is 0.0675 e. The lowest BCUT2D eigenvalue weighted by Crippen LogP contribution is -2.38. The third-order valence-corrected chi connectivity index (χ3v) is 2.99. The van der Waals surface area contributed by atoms with Gasteiger partial charge in [-0.1, -0.05) is 0 Å². The Morgan fingerprint density at radius 2 is 1.94 bits per heavy atom. The first-order valence-electron chi connectivity index (χ1n) is 6.62. The molecule has 3 unspecified atom stereocenters. The van der Waals surface area contributed by atoms with Crippen LogP contribution < -0.4 is 5.32 Å². The van der Waals surface area contributed by atoms with Crippen LogP contribution in [0.5, 0.6) is 0 Å². The Morgan fingerprint density at radius 3 is 2.53 bits per heavy atom. The highest BCUT2D eigenvalue weighted by molar-refractivity contribution is 4.75. The van der Waals surface area contributed by atoms with Crippen LogP contribution in [0.15, 0.2) is 0 Å². The second-order valence-corrected chi connectivity index (χ2v) is 4.99. The Bertz CT molecular complexity index is 191. The third kappa shape index (κ3) is 6.36. The minimum absolute atomic E-state index is 0.245. The normalized spacial score (nSPS) is 31.4. The van der Waals surface area contributed by atoms with Gasteiger partial charge in [-0.15, -0.1) is 0 Å². The highest BCUT2D eigenvalue weighted by atomic mass is 16.5. The number of methoxy groups -OCH3 is 1. The van der Waals surface area contributed by atoms with Gasteiger partial charge in [0.15, 0.2) is 0 Å². The van der Waals surface area contributed by atoms with Gasteiger partial charge in [0.25, 0.3) is 0 Å². The van der Waals surface area contributed by atoms with Crippen molar-refractivity contribution in [3.05, 3.63) is 0 Å². The molecule has 0 bridgehead atoms. The van der Waals surface area contributed by atoms with Gasteiger partial charge in [0.05, 0.1) is 31.0 Å². The van der Waals surface area contributed by atoms with Gasteiger partial charge in [0.2, 0.25) is 0 Å². The van der Waals surface area contributed by atoms with Crippen molar-refractivity contribution >= 4 is 0 Å². The van der Waals surface area contributed by atoms with Crippen molar-refractivity contribution in [3.63, 3.8) is 0 Å². The molecule has 1 aliphatic rings. The van der Waals surface area contributed by atoms with Crippen LogP contribution in [0, 0.1) is 0 Å². The topological polar surface area (TPSA) is 39.7 Å². The highest BCUT2D eigenvalue weighted by Crippen LogP contribution is 2.22. The Labute approximate surface area is 105 Å². The predicted molar refractivity (Wildman–Crippen MR) is 68.3 cm³/mol. The molecule has 4 nitrogen and oxygen atoms in total. The fraction of sp³-hybridized carbons (Fsp3) is 1.00. The van der Waals surface area contributed by atoms with Gasteiger partial charge in [-0.2, -0.15) is 0 Å². The molecule has 1 N–H and O–H groups in total. The molecule has 1 aliphatic heterocycles. The molecule has 0 saturated carbocycles. The summed E-state index contributed by atoms with van der Waals surface area (Å²) in [6, 6.07) is 0. The summed E-state index contributed by atoms with van der Waals surface area (Å²) in [5.74, 6) is 0. The molecule has 4 heteroatoms. The number of nitrogens with one attached hydrogen (secondary N) is 1. The lowest BCUT2D eigenvalue weighted by Gasteiger charge is -2.33. The molecule has 1 fully saturated rings. The molecule has 0 amide bonds. The molecule has 1 saturated heterocycles. The van der Waals surface area contributed by atoms with Crippen LogP contribution in [0.1, 0.15) is 33.6 Å². The zero-order chi connectivity index (χ0) is 12.7. The molecular weight excluding hydrogens is 218 g/mol. The molecule has 102 valence electrons. The Hall–Kier alpha value is -0.160. The van der Waals surface area contributed by atoms with Crippen molar-refractivity contribution in [1.29, 1.82) is 0 Å². The molecule has 1 heterocycles. The van der Waals surface area contributed by atoms with Crippen molar-refractivity contribution in [2.24, 2.45) is 0 Å².